The van der Waals surface area contributed by atoms with Crippen LogP contribution in [0.2, 0.25) is 0 Å². The molecule has 0 saturated heterocycles. The highest BCUT2D eigenvalue weighted by atomic mass is 14.2. The van der Waals surface area contributed by atoms with Crippen LogP contribution in [-0.2, 0) is 0 Å². The Hall–Kier alpha value is 0. The van der Waals surface area contributed by atoms with Gasteiger partial charge in [-0.25, -0.2) is 0 Å². The number of hydrogen-bond donors (Lipinski definition) is 0. The molecule has 98 valence electrons. The lowest BCUT2D eigenvalue weighted by molar-refractivity contribution is 0.259. The van der Waals surface area contributed by atoms with E-state index in [9.17, 15) is 0 Å². The predicted octanol–water partition coefficient (Wildman–Crippen LogP) is 6.06. The summed E-state index contributed by atoms with van der Waals surface area (Å²) in [4.78, 5) is 0. The normalized spacial score (nSPS) is 15.4. The number of rotatable bonds is 10. The van der Waals surface area contributed by atoms with Gasteiger partial charge < -0.3 is 0 Å². The summed E-state index contributed by atoms with van der Waals surface area (Å²) >= 11 is 0. The van der Waals surface area contributed by atoms with E-state index < -0.39 is 0 Å². The van der Waals surface area contributed by atoms with Gasteiger partial charge in [0.05, 0.1) is 0 Å². The first-order valence-corrected chi connectivity index (χ1v) is 7.65. The Morgan fingerprint density at radius 1 is 0.812 bits per heavy atom. The first-order valence-electron chi connectivity index (χ1n) is 7.65. The van der Waals surface area contributed by atoms with E-state index in [1.165, 1.54) is 51.4 Å². The molecule has 16 heavy (non-hydrogen) atoms. The smallest absolute Gasteiger partial charge is 0.0388 e. The lowest BCUT2D eigenvalue weighted by atomic mass is 9.80. The van der Waals surface area contributed by atoms with Gasteiger partial charge >= 0.3 is 0 Å². The zero-order chi connectivity index (χ0) is 12.4. The van der Waals surface area contributed by atoms with Crippen molar-refractivity contribution in [2.45, 2.75) is 86.0 Å². The van der Waals surface area contributed by atoms with Crippen molar-refractivity contribution in [1.29, 1.82) is 0 Å². The Morgan fingerprint density at radius 2 is 1.50 bits per heavy atom. The van der Waals surface area contributed by atoms with E-state index in [2.05, 4.69) is 34.6 Å². The van der Waals surface area contributed by atoms with Crippen LogP contribution in [0.3, 0.4) is 0 Å². The van der Waals surface area contributed by atoms with Gasteiger partial charge in [-0.2, -0.15) is 0 Å². The van der Waals surface area contributed by atoms with Crippen molar-refractivity contribution in [2.75, 3.05) is 0 Å². The highest BCUT2D eigenvalue weighted by molar-refractivity contribution is 4.68. The van der Waals surface area contributed by atoms with Gasteiger partial charge in [0.2, 0.25) is 0 Å². The van der Waals surface area contributed by atoms with Crippen LogP contribution in [0.5, 0.6) is 0 Å². The quantitative estimate of drug-likeness (QED) is 0.397. The highest BCUT2D eigenvalue weighted by Gasteiger charge is 2.17. The molecule has 0 aliphatic carbocycles. The fraction of sp³-hybridized carbons (Fsp3) is 1.00. The third-order valence-corrected chi connectivity index (χ3v) is 4.03. The molecule has 0 saturated carbocycles. The first-order chi connectivity index (χ1) is 7.65. The van der Waals surface area contributed by atoms with Crippen LogP contribution in [0.25, 0.3) is 0 Å². The molecule has 2 unspecified atom stereocenters. The lowest BCUT2D eigenvalue weighted by Crippen LogP contribution is -2.14. The molecule has 0 amide bonds. The van der Waals surface area contributed by atoms with Crippen LogP contribution in [-0.4, -0.2) is 0 Å². The second-order valence-electron chi connectivity index (χ2n) is 5.80. The second kappa shape index (κ2) is 10.2. The molecule has 0 aliphatic heterocycles. The molecular formula is C16H34. The standard InChI is InChI=1S/C16H34/c1-6-9-10-12-16(14(4)5)13-15(8-3)11-7-2/h14-16H,6-13H2,1-5H3. The third-order valence-electron chi connectivity index (χ3n) is 4.03. The van der Waals surface area contributed by atoms with E-state index in [1.54, 1.807) is 0 Å². The monoisotopic (exact) mass is 226 g/mol. The van der Waals surface area contributed by atoms with Gasteiger partial charge in [-0.1, -0.05) is 79.6 Å². The zero-order valence-electron chi connectivity index (χ0n) is 12.4. The fourth-order valence-electron chi connectivity index (χ4n) is 2.70. The van der Waals surface area contributed by atoms with E-state index in [0.717, 1.165) is 17.8 Å². The molecule has 0 aromatic rings. The van der Waals surface area contributed by atoms with E-state index in [-0.39, 0.29) is 0 Å². The van der Waals surface area contributed by atoms with Crippen LogP contribution in [0.4, 0.5) is 0 Å². The first kappa shape index (κ1) is 16.0. The summed E-state index contributed by atoms with van der Waals surface area (Å²) in [7, 11) is 0. The van der Waals surface area contributed by atoms with Gasteiger partial charge in [-0.3, -0.25) is 0 Å². The largest absolute Gasteiger partial charge is 0.0654 e. The molecule has 0 aliphatic rings. The van der Waals surface area contributed by atoms with Crippen LogP contribution >= 0.6 is 0 Å². The van der Waals surface area contributed by atoms with Gasteiger partial charge in [0.25, 0.3) is 0 Å². The van der Waals surface area contributed by atoms with E-state index in [0.29, 0.717) is 0 Å². The Bertz CT molecular complexity index is 137. The molecule has 0 heterocycles. The maximum atomic E-state index is 2.41. The summed E-state index contributed by atoms with van der Waals surface area (Å²) in [6, 6.07) is 0. The van der Waals surface area contributed by atoms with Crippen molar-refractivity contribution in [3.63, 3.8) is 0 Å². The van der Waals surface area contributed by atoms with E-state index in [4.69, 9.17) is 0 Å². The Kier molecular flexibility index (Phi) is 10.2. The topological polar surface area (TPSA) is 0 Å². The van der Waals surface area contributed by atoms with Crippen LogP contribution in [0.1, 0.15) is 86.0 Å². The van der Waals surface area contributed by atoms with Crippen molar-refractivity contribution in [1.82, 2.24) is 0 Å². The Balaban J connectivity index is 3.98. The molecule has 0 fully saturated rings. The minimum atomic E-state index is 0.878. The van der Waals surface area contributed by atoms with Crippen LogP contribution < -0.4 is 0 Å². The van der Waals surface area contributed by atoms with E-state index in [1.807, 2.05) is 0 Å². The van der Waals surface area contributed by atoms with Crippen molar-refractivity contribution >= 4 is 0 Å². The third kappa shape index (κ3) is 7.30. The molecule has 0 aromatic carbocycles. The van der Waals surface area contributed by atoms with E-state index >= 15 is 0 Å². The van der Waals surface area contributed by atoms with Gasteiger partial charge in [-0.15, -0.1) is 0 Å². The summed E-state index contributed by atoms with van der Waals surface area (Å²) in [5.74, 6) is 2.84. The summed E-state index contributed by atoms with van der Waals surface area (Å²) in [5.41, 5.74) is 0. The molecular weight excluding hydrogens is 192 g/mol. The Morgan fingerprint density at radius 3 is 1.94 bits per heavy atom. The summed E-state index contributed by atoms with van der Waals surface area (Å²) in [5, 5.41) is 0. The minimum Gasteiger partial charge on any atom is -0.0654 e. The van der Waals surface area contributed by atoms with Crippen molar-refractivity contribution in [3.8, 4) is 0 Å². The molecule has 0 rings (SSSR count). The van der Waals surface area contributed by atoms with Crippen LogP contribution in [0.15, 0.2) is 0 Å². The fourth-order valence-corrected chi connectivity index (χ4v) is 2.70. The lowest BCUT2D eigenvalue weighted by Gasteiger charge is -2.25. The number of hydrogen-bond acceptors (Lipinski definition) is 0. The second-order valence-corrected chi connectivity index (χ2v) is 5.80. The maximum Gasteiger partial charge on any atom is -0.0388 e. The summed E-state index contributed by atoms with van der Waals surface area (Å²) in [6.07, 6.45) is 11.3. The minimum absolute atomic E-state index is 0.878. The van der Waals surface area contributed by atoms with Crippen molar-refractivity contribution < 1.29 is 0 Å². The molecule has 0 spiro atoms. The van der Waals surface area contributed by atoms with Crippen molar-refractivity contribution in [2.24, 2.45) is 17.8 Å². The molecule has 0 aromatic heterocycles. The molecule has 0 heteroatoms. The molecule has 0 N–H and O–H groups in total. The van der Waals surface area contributed by atoms with Gasteiger partial charge in [0.15, 0.2) is 0 Å². The summed E-state index contributed by atoms with van der Waals surface area (Å²) < 4.78 is 0. The zero-order valence-corrected chi connectivity index (χ0v) is 12.4. The average Bonchev–Trinajstić information content (AvgIpc) is 2.26. The maximum absolute atomic E-state index is 2.41. The predicted molar refractivity (Wildman–Crippen MR) is 75.8 cm³/mol. The Labute approximate surface area is 104 Å². The number of unbranched alkanes of at least 4 members (excludes halogenated alkanes) is 2. The SMILES string of the molecule is CCCCCC(CC(CC)CCC)C(C)C. The van der Waals surface area contributed by atoms with Gasteiger partial charge in [-0.05, 0) is 24.2 Å². The van der Waals surface area contributed by atoms with Gasteiger partial charge in [0, 0.05) is 0 Å². The highest BCUT2D eigenvalue weighted by Crippen LogP contribution is 2.29. The van der Waals surface area contributed by atoms with Crippen LogP contribution in [0, 0.1) is 17.8 Å². The van der Waals surface area contributed by atoms with Gasteiger partial charge in [0.1, 0.15) is 0 Å². The van der Waals surface area contributed by atoms with Crippen molar-refractivity contribution in [3.05, 3.63) is 0 Å². The average molecular weight is 226 g/mol. The summed E-state index contributed by atoms with van der Waals surface area (Å²) in [6.45, 7) is 11.8. The molecule has 0 radical (unpaired) electrons. The molecule has 2 atom stereocenters. The molecule has 0 nitrogen and oxygen atoms in total. The molecule has 0 bridgehead atoms.